The van der Waals surface area contributed by atoms with Crippen molar-refractivity contribution in [2.24, 2.45) is 0 Å². The Labute approximate surface area is 112 Å². The Morgan fingerprint density at radius 3 is 2.53 bits per heavy atom. The molecule has 0 bridgehead atoms. The highest BCUT2D eigenvalue weighted by Gasteiger charge is 2.19. The third kappa shape index (κ3) is 5.00. The maximum atomic E-state index is 11.7. The van der Waals surface area contributed by atoms with Gasteiger partial charge in [-0.3, -0.25) is 4.79 Å². The molecule has 0 radical (unpaired) electrons. The average Bonchev–Trinajstić information content (AvgIpc) is 2.31. The number of benzene rings is 1. The van der Waals surface area contributed by atoms with Crippen molar-refractivity contribution in [2.75, 3.05) is 6.61 Å². The third-order valence-electron chi connectivity index (χ3n) is 2.19. The molecule has 0 amide bonds. The molecule has 4 heteroatoms. The van der Waals surface area contributed by atoms with Gasteiger partial charge in [-0.1, -0.05) is 24.9 Å². The average molecular weight is 273 g/mol. The van der Waals surface area contributed by atoms with Gasteiger partial charge in [-0.2, -0.15) is 0 Å². The molecule has 1 aromatic carbocycles. The fraction of sp³-hybridized carbons (Fsp3) is 0.462. The van der Waals surface area contributed by atoms with E-state index in [1.807, 2.05) is 31.2 Å². The summed E-state index contributed by atoms with van der Waals surface area (Å²) in [7, 11) is 0. The van der Waals surface area contributed by atoms with Crippen LogP contribution in [0.1, 0.15) is 26.7 Å². The fourth-order valence-corrected chi connectivity index (χ4v) is 2.67. The van der Waals surface area contributed by atoms with E-state index < -0.39 is 0 Å². The van der Waals surface area contributed by atoms with Crippen molar-refractivity contribution in [3.63, 3.8) is 0 Å². The maximum absolute atomic E-state index is 11.7. The van der Waals surface area contributed by atoms with Crippen LogP contribution in [0.5, 0.6) is 0 Å². The van der Waals surface area contributed by atoms with E-state index in [1.54, 1.807) is 0 Å². The summed E-state index contributed by atoms with van der Waals surface area (Å²) < 4.78 is 5.07. The van der Waals surface area contributed by atoms with Crippen LogP contribution < -0.4 is 0 Å². The van der Waals surface area contributed by atoms with Gasteiger partial charge in [0.05, 0.1) is 6.61 Å². The van der Waals surface area contributed by atoms with Gasteiger partial charge in [-0.15, -0.1) is 11.8 Å². The Bertz CT molecular complexity index is 351. The Balaban J connectivity index is 2.65. The highest BCUT2D eigenvalue weighted by atomic mass is 35.5. The van der Waals surface area contributed by atoms with Crippen LogP contribution in [0.25, 0.3) is 0 Å². The molecule has 94 valence electrons. The van der Waals surface area contributed by atoms with Gasteiger partial charge in [0.2, 0.25) is 0 Å². The van der Waals surface area contributed by atoms with Crippen molar-refractivity contribution in [1.82, 2.24) is 0 Å². The summed E-state index contributed by atoms with van der Waals surface area (Å²) in [5.41, 5.74) is 0. The standard InChI is InChI=1S/C13H17ClO2S/c1-3-5-12(13(15)16-4-2)17-11-8-6-10(14)7-9-11/h6-9,12H,3-5H2,1-2H3. The van der Waals surface area contributed by atoms with Crippen molar-refractivity contribution in [2.45, 2.75) is 36.8 Å². The van der Waals surface area contributed by atoms with Gasteiger partial charge in [-0.25, -0.2) is 0 Å². The van der Waals surface area contributed by atoms with Crippen LogP contribution in [0, 0.1) is 0 Å². The first-order valence-corrected chi connectivity index (χ1v) is 7.02. The molecule has 1 rings (SSSR count). The first-order chi connectivity index (χ1) is 8.17. The number of rotatable bonds is 6. The van der Waals surface area contributed by atoms with E-state index in [0.29, 0.717) is 11.6 Å². The molecule has 1 aromatic rings. The lowest BCUT2D eigenvalue weighted by molar-refractivity contribution is -0.142. The SMILES string of the molecule is CCCC(Sc1ccc(Cl)cc1)C(=O)OCC. The molecule has 0 aromatic heterocycles. The lowest BCUT2D eigenvalue weighted by Crippen LogP contribution is -2.20. The Hall–Kier alpha value is -0.670. The zero-order valence-corrected chi connectivity index (χ0v) is 11.7. The lowest BCUT2D eigenvalue weighted by atomic mass is 10.2. The highest BCUT2D eigenvalue weighted by molar-refractivity contribution is 8.00. The van der Waals surface area contributed by atoms with Crippen LogP contribution in [0.3, 0.4) is 0 Å². The summed E-state index contributed by atoms with van der Waals surface area (Å²) in [6.07, 6.45) is 1.79. The molecule has 0 saturated heterocycles. The summed E-state index contributed by atoms with van der Waals surface area (Å²) in [6, 6.07) is 7.51. The minimum absolute atomic E-state index is 0.124. The van der Waals surface area contributed by atoms with Crippen molar-refractivity contribution < 1.29 is 9.53 Å². The number of carbonyl (C=O) groups excluding carboxylic acids is 1. The highest BCUT2D eigenvalue weighted by Crippen LogP contribution is 2.28. The number of halogens is 1. The van der Waals surface area contributed by atoms with Crippen LogP contribution in [0.2, 0.25) is 5.02 Å². The van der Waals surface area contributed by atoms with Crippen molar-refractivity contribution in [3.8, 4) is 0 Å². The van der Waals surface area contributed by atoms with Crippen LogP contribution in [-0.4, -0.2) is 17.8 Å². The van der Waals surface area contributed by atoms with Gasteiger partial charge < -0.3 is 4.74 Å². The molecule has 0 heterocycles. The van der Waals surface area contributed by atoms with Crippen molar-refractivity contribution in [3.05, 3.63) is 29.3 Å². The maximum Gasteiger partial charge on any atom is 0.319 e. The molecule has 0 spiro atoms. The molecule has 0 N–H and O–H groups in total. The molecule has 1 unspecified atom stereocenters. The number of ether oxygens (including phenoxy) is 1. The van der Waals surface area contributed by atoms with Gasteiger partial charge >= 0.3 is 5.97 Å². The Morgan fingerprint density at radius 1 is 1.35 bits per heavy atom. The largest absolute Gasteiger partial charge is 0.465 e. The zero-order valence-electron chi connectivity index (χ0n) is 10.1. The number of hydrogen-bond acceptors (Lipinski definition) is 3. The molecule has 1 atom stereocenters. The smallest absolute Gasteiger partial charge is 0.319 e. The second-order valence-electron chi connectivity index (χ2n) is 3.60. The van der Waals surface area contributed by atoms with E-state index >= 15 is 0 Å². The van der Waals surface area contributed by atoms with E-state index in [1.165, 1.54) is 11.8 Å². The first kappa shape index (κ1) is 14.4. The molecule has 0 aliphatic heterocycles. The number of hydrogen-bond donors (Lipinski definition) is 0. The molecule has 0 aliphatic rings. The topological polar surface area (TPSA) is 26.3 Å². The zero-order chi connectivity index (χ0) is 12.7. The summed E-state index contributed by atoms with van der Waals surface area (Å²) in [5.74, 6) is -0.130. The second-order valence-corrected chi connectivity index (χ2v) is 5.31. The fourth-order valence-electron chi connectivity index (χ4n) is 1.40. The van der Waals surface area contributed by atoms with Gasteiger partial charge in [-0.05, 0) is 37.6 Å². The monoisotopic (exact) mass is 272 g/mol. The molecular weight excluding hydrogens is 256 g/mol. The summed E-state index contributed by atoms with van der Waals surface area (Å²) in [5, 5.41) is 0.582. The number of esters is 1. The van der Waals surface area contributed by atoms with Gasteiger partial charge in [0, 0.05) is 9.92 Å². The van der Waals surface area contributed by atoms with E-state index in [-0.39, 0.29) is 11.2 Å². The van der Waals surface area contributed by atoms with Crippen LogP contribution in [0.15, 0.2) is 29.2 Å². The van der Waals surface area contributed by atoms with Crippen LogP contribution >= 0.6 is 23.4 Å². The van der Waals surface area contributed by atoms with Gasteiger partial charge in [0.25, 0.3) is 0 Å². The first-order valence-electron chi connectivity index (χ1n) is 5.76. The minimum Gasteiger partial charge on any atom is -0.465 e. The quantitative estimate of drug-likeness (QED) is 0.574. The van der Waals surface area contributed by atoms with E-state index in [9.17, 15) is 4.79 Å². The molecule has 0 saturated carbocycles. The number of thioether (sulfide) groups is 1. The Kier molecular flexibility index (Phi) is 6.45. The molecular formula is C13H17ClO2S. The minimum atomic E-state index is -0.130. The predicted octanol–water partition coefficient (Wildman–Crippen LogP) is 4.16. The third-order valence-corrected chi connectivity index (χ3v) is 3.70. The van der Waals surface area contributed by atoms with Crippen LogP contribution in [0.4, 0.5) is 0 Å². The second kappa shape index (κ2) is 7.62. The van der Waals surface area contributed by atoms with Crippen molar-refractivity contribution >= 4 is 29.3 Å². The molecule has 0 fully saturated rings. The van der Waals surface area contributed by atoms with Gasteiger partial charge in [0.1, 0.15) is 5.25 Å². The van der Waals surface area contributed by atoms with E-state index in [0.717, 1.165) is 17.7 Å². The summed E-state index contributed by atoms with van der Waals surface area (Å²) in [4.78, 5) is 12.8. The predicted molar refractivity (Wildman–Crippen MR) is 72.6 cm³/mol. The summed E-state index contributed by atoms with van der Waals surface area (Å²) >= 11 is 7.36. The van der Waals surface area contributed by atoms with E-state index in [2.05, 4.69) is 6.92 Å². The lowest BCUT2D eigenvalue weighted by Gasteiger charge is -2.14. The summed E-state index contributed by atoms with van der Waals surface area (Å²) in [6.45, 7) is 4.32. The Morgan fingerprint density at radius 2 is 2.00 bits per heavy atom. The van der Waals surface area contributed by atoms with E-state index in [4.69, 9.17) is 16.3 Å². The molecule has 2 nitrogen and oxygen atoms in total. The van der Waals surface area contributed by atoms with Gasteiger partial charge in [0.15, 0.2) is 0 Å². The normalized spacial score (nSPS) is 12.2. The molecule has 0 aliphatic carbocycles. The van der Waals surface area contributed by atoms with Crippen molar-refractivity contribution in [1.29, 1.82) is 0 Å². The van der Waals surface area contributed by atoms with Crippen LogP contribution in [-0.2, 0) is 9.53 Å². The number of carbonyl (C=O) groups is 1. The molecule has 17 heavy (non-hydrogen) atoms.